The average molecular weight is 457 g/mol. The van der Waals surface area contributed by atoms with Crippen LogP contribution >= 0.6 is 0 Å². The molecule has 0 spiro atoms. The molecule has 3 aromatic rings. The van der Waals surface area contributed by atoms with Gasteiger partial charge in [-0.25, -0.2) is 18.2 Å². The number of carbonyl (C=O) groups is 2. The SMILES string of the molecule is CC(C)[C@H](NC(=O)c1c(F)cccc1F)C(=O)NCc1cccnc1Oc1cccc(F)c1. The number of nitrogens with one attached hydrogen (secondary N) is 2. The Labute approximate surface area is 188 Å². The Hall–Kier alpha value is -3.88. The number of hydrogen-bond acceptors (Lipinski definition) is 4. The zero-order chi connectivity index (χ0) is 24.0. The zero-order valence-electron chi connectivity index (χ0n) is 17.9. The number of aromatic nitrogens is 1. The molecule has 0 aliphatic rings. The molecule has 172 valence electrons. The number of carbonyl (C=O) groups excluding carboxylic acids is 2. The van der Waals surface area contributed by atoms with Gasteiger partial charge in [-0.15, -0.1) is 0 Å². The Morgan fingerprint density at radius 3 is 2.36 bits per heavy atom. The maximum Gasteiger partial charge on any atom is 0.257 e. The van der Waals surface area contributed by atoms with Crippen molar-refractivity contribution in [2.24, 2.45) is 5.92 Å². The van der Waals surface area contributed by atoms with Gasteiger partial charge < -0.3 is 15.4 Å². The highest BCUT2D eigenvalue weighted by Crippen LogP contribution is 2.23. The first-order chi connectivity index (χ1) is 15.8. The summed E-state index contributed by atoms with van der Waals surface area (Å²) in [4.78, 5) is 29.3. The summed E-state index contributed by atoms with van der Waals surface area (Å²) in [5, 5.41) is 5.06. The van der Waals surface area contributed by atoms with E-state index in [2.05, 4.69) is 15.6 Å². The number of ether oxygens (including phenoxy) is 1. The molecule has 0 unspecified atom stereocenters. The molecule has 9 heteroatoms. The summed E-state index contributed by atoms with van der Waals surface area (Å²) in [5.41, 5.74) is -0.252. The highest BCUT2D eigenvalue weighted by atomic mass is 19.1. The van der Waals surface area contributed by atoms with Gasteiger partial charge in [-0.1, -0.05) is 32.0 Å². The van der Waals surface area contributed by atoms with Gasteiger partial charge in [0.25, 0.3) is 5.91 Å². The molecule has 6 nitrogen and oxygen atoms in total. The largest absolute Gasteiger partial charge is 0.439 e. The molecule has 0 fully saturated rings. The van der Waals surface area contributed by atoms with E-state index in [4.69, 9.17) is 4.74 Å². The minimum Gasteiger partial charge on any atom is -0.439 e. The quantitative estimate of drug-likeness (QED) is 0.527. The molecule has 0 saturated heterocycles. The molecule has 2 aromatic carbocycles. The lowest BCUT2D eigenvalue weighted by atomic mass is 10.0. The summed E-state index contributed by atoms with van der Waals surface area (Å²) in [7, 11) is 0. The van der Waals surface area contributed by atoms with E-state index in [1.165, 1.54) is 24.4 Å². The number of halogens is 3. The number of benzene rings is 2. The Balaban J connectivity index is 1.70. The van der Waals surface area contributed by atoms with Crippen molar-refractivity contribution in [2.45, 2.75) is 26.4 Å². The van der Waals surface area contributed by atoms with Crippen molar-refractivity contribution in [3.8, 4) is 11.6 Å². The van der Waals surface area contributed by atoms with Crippen LogP contribution in [0.4, 0.5) is 13.2 Å². The van der Waals surface area contributed by atoms with Crippen LogP contribution in [0.2, 0.25) is 0 Å². The second-order valence-corrected chi connectivity index (χ2v) is 7.54. The van der Waals surface area contributed by atoms with E-state index >= 15 is 0 Å². The minimum absolute atomic E-state index is 0.00945. The molecule has 33 heavy (non-hydrogen) atoms. The van der Waals surface area contributed by atoms with E-state index in [0.717, 1.165) is 18.2 Å². The van der Waals surface area contributed by atoms with Crippen LogP contribution in [0, 0.1) is 23.4 Å². The number of nitrogens with zero attached hydrogens (tertiary/aromatic N) is 1. The van der Waals surface area contributed by atoms with Gasteiger partial charge in [0.15, 0.2) is 0 Å². The van der Waals surface area contributed by atoms with Crippen molar-refractivity contribution in [3.63, 3.8) is 0 Å². The maximum atomic E-state index is 13.9. The molecule has 0 radical (unpaired) electrons. The van der Waals surface area contributed by atoms with Crippen LogP contribution < -0.4 is 15.4 Å². The molecule has 1 atom stereocenters. The summed E-state index contributed by atoms with van der Waals surface area (Å²) in [5.74, 6) is -4.08. The van der Waals surface area contributed by atoms with E-state index in [1.54, 1.807) is 32.0 Å². The normalized spacial score (nSPS) is 11.7. The van der Waals surface area contributed by atoms with Crippen LogP contribution in [0.5, 0.6) is 11.6 Å². The Morgan fingerprint density at radius 2 is 1.70 bits per heavy atom. The predicted octanol–water partition coefficient (Wildman–Crippen LogP) is 4.36. The zero-order valence-corrected chi connectivity index (χ0v) is 17.9. The lowest BCUT2D eigenvalue weighted by Crippen LogP contribution is -2.49. The molecule has 1 heterocycles. The first-order valence-electron chi connectivity index (χ1n) is 10.2. The van der Waals surface area contributed by atoms with Crippen LogP contribution in [-0.2, 0) is 11.3 Å². The number of pyridine rings is 1. The van der Waals surface area contributed by atoms with Gasteiger partial charge in [-0.2, -0.15) is 0 Å². The second-order valence-electron chi connectivity index (χ2n) is 7.54. The van der Waals surface area contributed by atoms with Gasteiger partial charge in [0, 0.05) is 24.4 Å². The molecule has 0 aliphatic heterocycles. The lowest BCUT2D eigenvalue weighted by molar-refractivity contribution is -0.124. The van der Waals surface area contributed by atoms with Crippen molar-refractivity contribution in [2.75, 3.05) is 0 Å². The monoisotopic (exact) mass is 457 g/mol. The van der Waals surface area contributed by atoms with Gasteiger partial charge in [0.2, 0.25) is 11.8 Å². The Bertz CT molecular complexity index is 1130. The number of rotatable bonds is 8. The highest BCUT2D eigenvalue weighted by molar-refractivity contribution is 5.98. The van der Waals surface area contributed by atoms with E-state index in [0.29, 0.717) is 5.56 Å². The Morgan fingerprint density at radius 1 is 1.00 bits per heavy atom. The molecule has 0 saturated carbocycles. The minimum atomic E-state index is -1.05. The van der Waals surface area contributed by atoms with E-state index in [9.17, 15) is 22.8 Å². The molecular weight excluding hydrogens is 435 g/mol. The molecule has 1 aromatic heterocycles. The Kier molecular flexibility index (Phi) is 7.66. The van der Waals surface area contributed by atoms with Crippen molar-refractivity contribution in [3.05, 3.63) is 89.4 Å². The van der Waals surface area contributed by atoms with Gasteiger partial charge in [0.1, 0.15) is 34.8 Å². The molecule has 2 N–H and O–H groups in total. The molecule has 0 aliphatic carbocycles. The molecule has 3 rings (SSSR count). The fraction of sp³-hybridized carbons (Fsp3) is 0.208. The average Bonchev–Trinajstić information content (AvgIpc) is 2.76. The van der Waals surface area contributed by atoms with Crippen molar-refractivity contribution in [1.82, 2.24) is 15.6 Å². The third-order valence-corrected chi connectivity index (χ3v) is 4.74. The summed E-state index contributed by atoms with van der Waals surface area (Å²) in [6, 6.07) is 10.9. The first kappa shape index (κ1) is 23.8. The van der Waals surface area contributed by atoms with Crippen LogP contribution in [0.3, 0.4) is 0 Å². The maximum absolute atomic E-state index is 13.9. The van der Waals surface area contributed by atoms with Crippen LogP contribution in [0.1, 0.15) is 29.8 Å². The number of amides is 2. The van der Waals surface area contributed by atoms with Crippen molar-refractivity contribution in [1.29, 1.82) is 0 Å². The second kappa shape index (κ2) is 10.6. The van der Waals surface area contributed by atoms with E-state index < -0.39 is 40.9 Å². The first-order valence-corrected chi connectivity index (χ1v) is 10.2. The van der Waals surface area contributed by atoms with Crippen molar-refractivity contribution >= 4 is 11.8 Å². The van der Waals surface area contributed by atoms with Crippen LogP contribution in [-0.4, -0.2) is 22.8 Å². The third kappa shape index (κ3) is 6.09. The molecular formula is C24H22F3N3O3. The third-order valence-electron chi connectivity index (χ3n) is 4.74. The standard InChI is InChI=1S/C24H22F3N3O3/c1-14(2)21(30-22(31)20-18(26)9-4-10-19(20)27)23(32)29-13-15-6-5-11-28-24(15)33-17-8-3-7-16(25)12-17/h3-12,14,21H,13H2,1-2H3,(H,29,32)(H,30,31)/t21-/m0/s1. The van der Waals surface area contributed by atoms with Gasteiger partial charge >= 0.3 is 0 Å². The van der Waals surface area contributed by atoms with E-state index in [-0.39, 0.29) is 24.1 Å². The fourth-order valence-electron chi connectivity index (χ4n) is 3.05. The highest BCUT2D eigenvalue weighted by Gasteiger charge is 2.27. The van der Waals surface area contributed by atoms with E-state index in [1.807, 2.05) is 0 Å². The number of hydrogen-bond donors (Lipinski definition) is 2. The summed E-state index contributed by atoms with van der Waals surface area (Å²) in [6.45, 7) is 3.36. The topological polar surface area (TPSA) is 80.3 Å². The summed E-state index contributed by atoms with van der Waals surface area (Å²) in [6.07, 6.45) is 1.49. The lowest BCUT2D eigenvalue weighted by Gasteiger charge is -2.22. The van der Waals surface area contributed by atoms with Crippen LogP contribution in [0.15, 0.2) is 60.8 Å². The molecule has 0 bridgehead atoms. The fourth-order valence-corrected chi connectivity index (χ4v) is 3.05. The summed E-state index contributed by atoms with van der Waals surface area (Å²) >= 11 is 0. The molecule has 2 amide bonds. The van der Waals surface area contributed by atoms with Gasteiger partial charge in [-0.05, 0) is 36.2 Å². The van der Waals surface area contributed by atoms with Crippen molar-refractivity contribution < 1.29 is 27.5 Å². The predicted molar refractivity (Wildman–Crippen MR) is 115 cm³/mol. The van der Waals surface area contributed by atoms with Gasteiger partial charge in [0.05, 0.1) is 0 Å². The summed E-state index contributed by atoms with van der Waals surface area (Å²) < 4.78 is 46.9. The van der Waals surface area contributed by atoms with Gasteiger partial charge in [-0.3, -0.25) is 9.59 Å². The van der Waals surface area contributed by atoms with Crippen LogP contribution in [0.25, 0.3) is 0 Å². The smallest absolute Gasteiger partial charge is 0.257 e.